The zero-order valence-corrected chi connectivity index (χ0v) is 15.8. The van der Waals surface area contributed by atoms with Crippen molar-refractivity contribution in [3.05, 3.63) is 34.9 Å². The Morgan fingerprint density at radius 1 is 1.00 bits per heavy atom. The number of carbonyl (C=O) groups is 1. The molecule has 0 bridgehead atoms. The predicted octanol–water partition coefficient (Wildman–Crippen LogP) is 4.20. The number of benzene rings is 1. The number of likely N-dealkylation sites (tertiary alicyclic amines) is 2. The Balaban J connectivity index is 1.28. The normalized spacial score (nSPS) is 28.1. The molecular weight excluding hydrogens is 332 g/mol. The Hall–Kier alpha value is -1.06. The smallest absolute Gasteiger partial charge is 0.225 e. The molecule has 4 rings (SSSR count). The molecule has 3 aliphatic rings. The molecule has 2 aliphatic heterocycles. The SMILES string of the molecule is O=C(C1CCN(Cc2ccccc2Cl)CC1)N1CC2CCCCC2C1. The third kappa shape index (κ3) is 3.88. The molecule has 1 saturated carbocycles. The van der Waals surface area contributed by atoms with Crippen LogP contribution in [0.3, 0.4) is 0 Å². The molecule has 1 amide bonds. The molecule has 0 radical (unpaired) electrons. The van der Waals surface area contributed by atoms with E-state index >= 15 is 0 Å². The Morgan fingerprint density at radius 2 is 1.64 bits per heavy atom. The van der Waals surface area contributed by atoms with E-state index in [9.17, 15) is 4.79 Å². The van der Waals surface area contributed by atoms with Gasteiger partial charge in [-0.2, -0.15) is 0 Å². The van der Waals surface area contributed by atoms with E-state index < -0.39 is 0 Å². The van der Waals surface area contributed by atoms with Crippen molar-refractivity contribution in [3.63, 3.8) is 0 Å². The second-order valence-corrected chi connectivity index (χ2v) is 8.60. The summed E-state index contributed by atoms with van der Waals surface area (Å²) in [4.78, 5) is 17.6. The van der Waals surface area contributed by atoms with Crippen molar-refractivity contribution in [2.24, 2.45) is 17.8 Å². The largest absolute Gasteiger partial charge is 0.342 e. The van der Waals surface area contributed by atoms with Gasteiger partial charge >= 0.3 is 0 Å². The lowest BCUT2D eigenvalue weighted by molar-refractivity contribution is -0.136. The van der Waals surface area contributed by atoms with Crippen molar-refractivity contribution >= 4 is 17.5 Å². The number of halogens is 1. The van der Waals surface area contributed by atoms with Gasteiger partial charge in [0.2, 0.25) is 5.91 Å². The Morgan fingerprint density at radius 3 is 2.28 bits per heavy atom. The van der Waals surface area contributed by atoms with Crippen LogP contribution >= 0.6 is 11.6 Å². The van der Waals surface area contributed by atoms with E-state index in [-0.39, 0.29) is 5.92 Å². The summed E-state index contributed by atoms with van der Waals surface area (Å²) in [5, 5.41) is 0.848. The van der Waals surface area contributed by atoms with Gasteiger partial charge in [0.15, 0.2) is 0 Å². The van der Waals surface area contributed by atoms with Crippen molar-refractivity contribution in [3.8, 4) is 0 Å². The average molecular weight is 361 g/mol. The van der Waals surface area contributed by atoms with Crippen LogP contribution in [0.2, 0.25) is 5.02 Å². The molecule has 25 heavy (non-hydrogen) atoms. The van der Waals surface area contributed by atoms with Gasteiger partial charge in [0.05, 0.1) is 0 Å². The number of carbonyl (C=O) groups excluding carboxylic acids is 1. The first-order valence-corrected chi connectivity index (χ1v) is 10.3. The molecule has 0 spiro atoms. The Bertz CT molecular complexity index is 598. The van der Waals surface area contributed by atoms with Gasteiger partial charge < -0.3 is 4.90 Å². The minimum Gasteiger partial charge on any atom is -0.342 e. The van der Waals surface area contributed by atoms with Crippen LogP contribution < -0.4 is 0 Å². The fourth-order valence-corrected chi connectivity index (χ4v) is 5.25. The molecule has 1 aliphatic carbocycles. The first-order valence-electron chi connectivity index (χ1n) is 9.95. The number of rotatable bonds is 3. The first kappa shape index (κ1) is 17.4. The molecule has 2 saturated heterocycles. The summed E-state index contributed by atoms with van der Waals surface area (Å²) in [5.74, 6) is 2.26. The van der Waals surface area contributed by atoms with Gasteiger partial charge in [-0.25, -0.2) is 0 Å². The molecule has 2 atom stereocenters. The van der Waals surface area contributed by atoms with Crippen molar-refractivity contribution < 1.29 is 4.79 Å². The Kier molecular flexibility index (Phi) is 5.33. The number of piperidine rings is 1. The third-order valence-corrected chi connectivity index (χ3v) is 6.95. The van der Waals surface area contributed by atoms with Crippen LogP contribution in [-0.4, -0.2) is 41.9 Å². The highest BCUT2D eigenvalue weighted by atomic mass is 35.5. The highest BCUT2D eigenvalue weighted by Gasteiger charge is 2.38. The number of amides is 1. The summed E-state index contributed by atoms with van der Waals surface area (Å²) in [6.07, 6.45) is 7.40. The summed E-state index contributed by atoms with van der Waals surface area (Å²) in [6.45, 7) is 4.96. The Labute approximate surface area is 156 Å². The maximum Gasteiger partial charge on any atom is 0.225 e. The molecule has 1 aromatic rings. The highest BCUT2D eigenvalue weighted by molar-refractivity contribution is 6.31. The van der Waals surface area contributed by atoms with Crippen LogP contribution in [0, 0.1) is 17.8 Å². The van der Waals surface area contributed by atoms with E-state index in [1.54, 1.807) is 0 Å². The molecular formula is C21H29ClN2O. The zero-order chi connectivity index (χ0) is 17.2. The summed E-state index contributed by atoms with van der Waals surface area (Å²) in [7, 11) is 0. The lowest BCUT2D eigenvalue weighted by atomic mass is 9.82. The second kappa shape index (κ2) is 7.67. The van der Waals surface area contributed by atoms with E-state index in [0.717, 1.165) is 62.4 Å². The van der Waals surface area contributed by atoms with Gasteiger partial charge in [0.1, 0.15) is 0 Å². The third-order valence-electron chi connectivity index (χ3n) is 6.58. The molecule has 3 nitrogen and oxygen atoms in total. The zero-order valence-electron chi connectivity index (χ0n) is 15.0. The molecule has 2 heterocycles. The fraction of sp³-hybridized carbons (Fsp3) is 0.667. The molecule has 2 unspecified atom stereocenters. The van der Waals surface area contributed by atoms with E-state index in [4.69, 9.17) is 11.6 Å². The summed E-state index contributed by atoms with van der Waals surface area (Å²) >= 11 is 6.28. The maximum atomic E-state index is 12.9. The van der Waals surface area contributed by atoms with Crippen LogP contribution in [0.25, 0.3) is 0 Å². The molecule has 0 aromatic heterocycles. The van der Waals surface area contributed by atoms with Gasteiger partial charge in [-0.3, -0.25) is 9.69 Å². The topological polar surface area (TPSA) is 23.6 Å². The fourth-order valence-electron chi connectivity index (χ4n) is 5.05. The maximum absolute atomic E-state index is 12.9. The van der Waals surface area contributed by atoms with Crippen molar-refractivity contribution in [2.75, 3.05) is 26.2 Å². The number of nitrogens with zero attached hydrogens (tertiary/aromatic N) is 2. The van der Waals surface area contributed by atoms with Crippen LogP contribution in [0.15, 0.2) is 24.3 Å². The lowest BCUT2D eigenvalue weighted by Gasteiger charge is -2.33. The van der Waals surface area contributed by atoms with Gasteiger partial charge in [-0.05, 0) is 62.2 Å². The predicted molar refractivity (Wildman–Crippen MR) is 101 cm³/mol. The number of fused-ring (bicyclic) bond motifs is 1. The van der Waals surface area contributed by atoms with Gasteiger partial charge in [0, 0.05) is 30.6 Å². The molecule has 3 fully saturated rings. The van der Waals surface area contributed by atoms with E-state index in [2.05, 4.69) is 15.9 Å². The summed E-state index contributed by atoms with van der Waals surface area (Å²) in [5.41, 5.74) is 1.19. The van der Waals surface area contributed by atoms with Gasteiger partial charge in [-0.1, -0.05) is 42.6 Å². The second-order valence-electron chi connectivity index (χ2n) is 8.19. The quantitative estimate of drug-likeness (QED) is 0.806. The van der Waals surface area contributed by atoms with Crippen LogP contribution in [-0.2, 0) is 11.3 Å². The van der Waals surface area contributed by atoms with Crippen molar-refractivity contribution in [2.45, 2.75) is 45.1 Å². The molecule has 0 N–H and O–H groups in total. The summed E-state index contributed by atoms with van der Waals surface area (Å²) in [6, 6.07) is 8.08. The molecule has 136 valence electrons. The van der Waals surface area contributed by atoms with Crippen LogP contribution in [0.1, 0.15) is 44.1 Å². The van der Waals surface area contributed by atoms with Gasteiger partial charge in [0.25, 0.3) is 0 Å². The number of hydrogen-bond acceptors (Lipinski definition) is 2. The van der Waals surface area contributed by atoms with E-state index in [1.165, 1.54) is 31.2 Å². The minimum atomic E-state index is 0.239. The van der Waals surface area contributed by atoms with Crippen molar-refractivity contribution in [1.82, 2.24) is 9.80 Å². The molecule has 1 aromatic carbocycles. The summed E-state index contributed by atoms with van der Waals surface area (Å²) < 4.78 is 0. The number of hydrogen-bond donors (Lipinski definition) is 0. The van der Waals surface area contributed by atoms with Crippen LogP contribution in [0.4, 0.5) is 0 Å². The van der Waals surface area contributed by atoms with Gasteiger partial charge in [-0.15, -0.1) is 0 Å². The van der Waals surface area contributed by atoms with E-state index in [0.29, 0.717) is 5.91 Å². The average Bonchev–Trinajstić information content (AvgIpc) is 3.08. The van der Waals surface area contributed by atoms with E-state index in [1.807, 2.05) is 18.2 Å². The monoisotopic (exact) mass is 360 g/mol. The minimum absolute atomic E-state index is 0.239. The first-order chi connectivity index (χ1) is 12.2. The standard InChI is InChI=1S/C21H29ClN2O/c22-20-8-4-3-7-19(20)13-23-11-9-16(10-12-23)21(25)24-14-17-5-1-2-6-18(17)15-24/h3-4,7-8,16-18H,1-2,5-6,9-15H2. The lowest BCUT2D eigenvalue weighted by Crippen LogP contribution is -2.41. The highest BCUT2D eigenvalue weighted by Crippen LogP contribution is 2.37. The molecule has 4 heteroatoms. The van der Waals surface area contributed by atoms with Crippen molar-refractivity contribution in [1.29, 1.82) is 0 Å². The van der Waals surface area contributed by atoms with Crippen LogP contribution in [0.5, 0.6) is 0 Å².